The van der Waals surface area contributed by atoms with Gasteiger partial charge in [0.15, 0.2) is 5.82 Å². The molecule has 0 saturated heterocycles. The number of carboxylic acids is 1. The first-order valence-electron chi connectivity index (χ1n) is 3.37. The van der Waals surface area contributed by atoms with Crippen molar-refractivity contribution in [1.82, 2.24) is 9.97 Å². The van der Waals surface area contributed by atoms with E-state index in [1.165, 1.54) is 12.4 Å². The summed E-state index contributed by atoms with van der Waals surface area (Å²) in [5.41, 5.74) is 0. The first-order valence-corrected chi connectivity index (χ1v) is 3.37. The Kier molecular flexibility index (Phi) is 2.71. The van der Waals surface area contributed by atoms with Gasteiger partial charge in [0.2, 0.25) is 0 Å². The van der Waals surface area contributed by atoms with Crippen LogP contribution in [0, 0.1) is 0 Å². The molecule has 0 aromatic carbocycles. The van der Waals surface area contributed by atoms with Gasteiger partial charge in [0, 0.05) is 12.4 Å². The van der Waals surface area contributed by atoms with Crippen molar-refractivity contribution in [3.05, 3.63) is 24.3 Å². The third-order valence-electron chi connectivity index (χ3n) is 1.25. The van der Waals surface area contributed by atoms with E-state index < -0.39 is 12.1 Å². The average Bonchev–Trinajstić information content (AvgIpc) is 2.05. The second-order valence-electron chi connectivity index (χ2n) is 2.22. The summed E-state index contributed by atoms with van der Waals surface area (Å²) in [5, 5.41) is 17.5. The first-order chi connectivity index (χ1) is 5.70. The van der Waals surface area contributed by atoms with Crippen molar-refractivity contribution in [2.75, 3.05) is 0 Å². The number of aliphatic carboxylic acids is 1. The quantitative estimate of drug-likeness (QED) is 0.662. The highest BCUT2D eigenvalue weighted by atomic mass is 16.4. The van der Waals surface area contributed by atoms with Crippen molar-refractivity contribution in [1.29, 1.82) is 0 Å². The number of carbonyl (C=O) groups is 1. The van der Waals surface area contributed by atoms with Gasteiger partial charge in [-0.25, -0.2) is 9.97 Å². The number of aliphatic hydroxyl groups excluding tert-OH is 1. The van der Waals surface area contributed by atoms with Crippen LogP contribution in [-0.2, 0) is 4.79 Å². The molecule has 0 aliphatic rings. The molecule has 5 heteroatoms. The molecule has 0 bridgehead atoms. The normalized spacial score (nSPS) is 12.4. The molecule has 1 aromatic heterocycles. The Balaban J connectivity index is 2.65. The lowest BCUT2D eigenvalue weighted by molar-refractivity contribution is -0.139. The van der Waals surface area contributed by atoms with Crippen LogP contribution in [0.3, 0.4) is 0 Å². The van der Waals surface area contributed by atoms with E-state index in [0.717, 1.165) is 0 Å². The fourth-order valence-corrected chi connectivity index (χ4v) is 0.739. The molecule has 1 aromatic rings. The van der Waals surface area contributed by atoms with Crippen molar-refractivity contribution in [2.24, 2.45) is 0 Å². The van der Waals surface area contributed by atoms with Gasteiger partial charge in [-0.3, -0.25) is 4.79 Å². The van der Waals surface area contributed by atoms with Crippen molar-refractivity contribution in [3.63, 3.8) is 0 Å². The van der Waals surface area contributed by atoms with E-state index in [1.807, 2.05) is 0 Å². The molecule has 0 radical (unpaired) electrons. The highest BCUT2D eigenvalue weighted by molar-refractivity contribution is 5.67. The van der Waals surface area contributed by atoms with E-state index in [1.54, 1.807) is 6.07 Å². The lowest BCUT2D eigenvalue weighted by atomic mass is 10.2. The minimum absolute atomic E-state index is 0.139. The molecule has 64 valence electrons. The molecule has 2 N–H and O–H groups in total. The van der Waals surface area contributed by atoms with E-state index in [0.29, 0.717) is 0 Å². The highest BCUT2D eigenvalue weighted by Crippen LogP contribution is 2.09. The van der Waals surface area contributed by atoms with Crippen LogP contribution in [0.4, 0.5) is 0 Å². The van der Waals surface area contributed by atoms with Crippen molar-refractivity contribution in [3.8, 4) is 0 Å². The van der Waals surface area contributed by atoms with Gasteiger partial charge >= 0.3 is 5.97 Å². The van der Waals surface area contributed by atoms with Gasteiger partial charge in [-0.2, -0.15) is 0 Å². The van der Waals surface area contributed by atoms with Gasteiger partial charge < -0.3 is 10.2 Å². The lowest BCUT2D eigenvalue weighted by Gasteiger charge is -2.03. The van der Waals surface area contributed by atoms with Crippen LogP contribution >= 0.6 is 0 Å². The molecule has 12 heavy (non-hydrogen) atoms. The van der Waals surface area contributed by atoms with Crippen molar-refractivity contribution in [2.45, 2.75) is 12.5 Å². The Labute approximate surface area is 68.7 Å². The third-order valence-corrected chi connectivity index (χ3v) is 1.25. The summed E-state index contributed by atoms with van der Waals surface area (Å²) in [6.07, 6.45) is 1.41. The number of rotatable bonds is 3. The lowest BCUT2D eigenvalue weighted by Crippen LogP contribution is -2.08. The zero-order valence-corrected chi connectivity index (χ0v) is 6.21. The molecule has 0 aliphatic carbocycles. The number of nitrogens with zero attached hydrogens (tertiary/aromatic N) is 2. The topological polar surface area (TPSA) is 83.3 Å². The number of carboxylic acid groups (broad SMARTS) is 1. The van der Waals surface area contributed by atoms with Crippen LogP contribution in [0.1, 0.15) is 18.3 Å². The second kappa shape index (κ2) is 3.77. The largest absolute Gasteiger partial charge is 0.481 e. The molecular weight excluding hydrogens is 160 g/mol. The van der Waals surface area contributed by atoms with Gasteiger partial charge in [0.1, 0.15) is 6.10 Å². The standard InChI is InChI=1S/C7H8N2O3/c10-5(4-6(11)12)7-8-2-1-3-9-7/h1-3,5,10H,4H2,(H,11,12)/t5-/m1/s1. The van der Waals surface area contributed by atoms with Gasteiger partial charge in [-0.15, -0.1) is 0 Å². The summed E-state index contributed by atoms with van der Waals surface area (Å²) in [4.78, 5) is 17.6. The summed E-state index contributed by atoms with van der Waals surface area (Å²) < 4.78 is 0. The Bertz CT molecular complexity index is 263. The number of hydrogen-bond acceptors (Lipinski definition) is 4. The third kappa shape index (κ3) is 2.28. The minimum Gasteiger partial charge on any atom is -0.481 e. The molecule has 0 unspecified atom stereocenters. The predicted molar refractivity (Wildman–Crippen MR) is 39.2 cm³/mol. The number of aromatic nitrogens is 2. The molecular formula is C7H8N2O3. The summed E-state index contributed by atoms with van der Waals surface area (Å²) in [7, 11) is 0. The van der Waals surface area contributed by atoms with E-state index in [2.05, 4.69) is 9.97 Å². The first kappa shape index (κ1) is 8.61. The van der Waals surface area contributed by atoms with Crippen LogP contribution in [0.15, 0.2) is 18.5 Å². The Hall–Kier alpha value is -1.49. The van der Waals surface area contributed by atoms with Crippen LogP contribution in [0.5, 0.6) is 0 Å². The summed E-state index contributed by atoms with van der Waals surface area (Å²) in [6.45, 7) is 0. The number of hydrogen-bond donors (Lipinski definition) is 2. The molecule has 1 atom stereocenters. The molecule has 1 rings (SSSR count). The molecule has 0 spiro atoms. The Morgan fingerprint density at radius 2 is 2.08 bits per heavy atom. The zero-order valence-electron chi connectivity index (χ0n) is 6.21. The Morgan fingerprint density at radius 1 is 1.50 bits per heavy atom. The smallest absolute Gasteiger partial charge is 0.306 e. The highest BCUT2D eigenvalue weighted by Gasteiger charge is 2.13. The maximum absolute atomic E-state index is 10.2. The van der Waals surface area contributed by atoms with E-state index >= 15 is 0 Å². The van der Waals surface area contributed by atoms with Gasteiger partial charge in [0.25, 0.3) is 0 Å². The maximum atomic E-state index is 10.2. The monoisotopic (exact) mass is 168 g/mol. The minimum atomic E-state index is -1.12. The van der Waals surface area contributed by atoms with Crippen molar-refractivity contribution < 1.29 is 15.0 Å². The number of aliphatic hydroxyl groups is 1. The molecule has 0 fully saturated rings. The van der Waals surface area contributed by atoms with E-state index in [-0.39, 0.29) is 12.2 Å². The Morgan fingerprint density at radius 3 is 2.58 bits per heavy atom. The second-order valence-corrected chi connectivity index (χ2v) is 2.22. The van der Waals surface area contributed by atoms with Crippen LogP contribution < -0.4 is 0 Å². The fourth-order valence-electron chi connectivity index (χ4n) is 0.739. The summed E-state index contributed by atoms with van der Waals surface area (Å²) in [5.74, 6) is -0.935. The average molecular weight is 168 g/mol. The fraction of sp³-hybridized carbons (Fsp3) is 0.286. The van der Waals surface area contributed by atoms with Crippen LogP contribution in [0.25, 0.3) is 0 Å². The molecule has 0 saturated carbocycles. The zero-order chi connectivity index (χ0) is 8.97. The van der Waals surface area contributed by atoms with Crippen LogP contribution in [-0.4, -0.2) is 26.2 Å². The summed E-state index contributed by atoms with van der Waals surface area (Å²) in [6, 6.07) is 1.59. The molecule has 1 heterocycles. The predicted octanol–water partition coefficient (Wildman–Crippen LogP) is -0.0153. The molecule has 0 amide bonds. The maximum Gasteiger partial charge on any atom is 0.306 e. The molecule has 0 aliphatic heterocycles. The van der Waals surface area contributed by atoms with Gasteiger partial charge in [-0.05, 0) is 6.07 Å². The van der Waals surface area contributed by atoms with E-state index in [9.17, 15) is 9.90 Å². The van der Waals surface area contributed by atoms with Gasteiger partial charge in [0.05, 0.1) is 6.42 Å². The summed E-state index contributed by atoms with van der Waals surface area (Å²) >= 11 is 0. The van der Waals surface area contributed by atoms with Crippen LogP contribution in [0.2, 0.25) is 0 Å². The SMILES string of the molecule is O=C(O)C[C@@H](O)c1ncccn1. The van der Waals surface area contributed by atoms with Crippen molar-refractivity contribution >= 4 is 5.97 Å². The van der Waals surface area contributed by atoms with Gasteiger partial charge in [-0.1, -0.05) is 0 Å². The molecule has 5 nitrogen and oxygen atoms in total. The van der Waals surface area contributed by atoms with E-state index in [4.69, 9.17) is 5.11 Å².